The number of benzene rings is 1. The molecular formula is C14H14F2N2O. The predicted molar refractivity (Wildman–Crippen MR) is 68.0 cm³/mol. The van der Waals surface area contributed by atoms with Crippen molar-refractivity contribution >= 4 is 0 Å². The fourth-order valence-corrected chi connectivity index (χ4v) is 1.63. The molecule has 5 heteroatoms. The molecule has 2 rings (SSSR count). The minimum absolute atomic E-state index is 0.0445. The lowest BCUT2D eigenvalue weighted by atomic mass is 10.1. The smallest absolute Gasteiger partial charge is 0.219 e. The molecule has 0 saturated carbocycles. The van der Waals surface area contributed by atoms with Crippen molar-refractivity contribution in [2.75, 3.05) is 0 Å². The summed E-state index contributed by atoms with van der Waals surface area (Å²) in [7, 11) is 0. The third kappa shape index (κ3) is 3.72. The lowest BCUT2D eigenvalue weighted by Gasteiger charge is -2.08. The third-order valence-electron chi connectivity index (χ3n) is 2.46. The molecule has 1 aromatic carbocycles. The molecule has 1 aromatic heterocycles. The number of nitrogens with zero attached hydrogens (tertiary/aromatic N) is 1. The molecular weight excluding hydrogens is 250 g/mol. The lowest BCUT2D eigenvalue weighted by Crippen LogP contribution is -2.17. The van der Waals surface area contributed by atoms with Gasteiger partial charge in [-0.2, -0.15) is 0 Å². The molecule has 0 aliphatic heterocycles. The molecule has 0 saturated heterocycles. The van der Waals surface area contributed by atoms with Crippen LogP contribution in [0, 0.1) is 11.6 Å². The van der Waals surface area contributed by atoms with Crippen molar-refractivity contribution in [1.29, 1.82) is 0 Å². The summed E-state index contributed by atoms with van der Waals surface area (Å²) in [4.78, 5) is 4.05. The van der Waals surface area contributed by atoms with Crippen LogP contribution in [0.15, 0.2) is 36.5 Å². The van der Waals surface area contributed by atoms with E-state index in [2.05, 4.69) is 4.98 Å². The standard InChI is InChI=1S/C14H14F2N2O/c1-9(17)6-10-2-5-14(18-8-10)19-13-4-3-11(15)7-12(13)16/h2-5,7-9H,6,17H2,1H3. The second kappa shape index (κ2) is 5.75. The van der Waals surface area contributed by atoms with Crippen LogP contribution in [0.25, 0.3) is 0 Å². The first-order valence-corrected chi connectivity index (χ1v) is 5.88. The average Bonchev–Trinajstić information content (AvgIpc) is 2.34. The SMILES string of the molecule is CC(N)Cc1ccc(Oc2ccc(F)cc2F)nc1. The predicted octanol–water partition coefficient (Wildman–Crippen LogP) is 3.04. The highest BCUT2D eigenvalue weighted by molar-refractivity contribution is 5.29. The first-order valence-electron chi connectivity index (χ1n) is 5.88. The number of hydrogen-bond acceptors (Lipinski definition) is 3. The molecule has 100 valence electrons. The maximum atomic E-state index is 13.4. The molecule has 0 amide bonds. The van der Waals surface area contributed by atoms with Crippen LogP contribution in [-0.4, -0.2) is 11.0 Å². The number of hydrogen-bond donors (Lipinski definition) is 1. The van der Waals surface area contributed by atoms with E-state index in [1.807, 2.05) is 13.0 Å². The van der Waals surface area contributed by atoms with Crippen LogP contribution in [0.4, 0.5) is 8.78 Å². The van der Waals surface area contributed by atoms with Gasteiger partial charge in [0.05, 0.1) is 0 Å². The van der Waals surface area contributed by atoms with Crippen LogP contribution >= 0.6 is 0 Å². The highest BCUT2D eigenvalue weighted by Gasteiger charge is 2.07. The molecule has 1 unspecified atom stereocenters. The molecule has 3 nitrogen and oxygen atoms in total. The topological polar surface area (TPSA) is 48.1 Å². The average molecular weight is 264 g/mol. The number of nitrogens with two attached hydrogens (primary N) is 1. The molecule has 0 spiro atoms. The number of halogens is 2. The monoisotopic (exact) mass is 264 g/mol. The van der Waals surface area contributed by atoms with Gasteiger partial charge >= 0.3 is 0 Å². The fraction of sp³-hybridized carbons (Fsp3) is 0.214. The van der Waals surface area contributed by atoms with Gasteiger partial charge < -0.3 is 10.5 Å². The van der Waals surface area contributed by atoms with Gasteiger partial charge in [-0.1, -0.05) is 6.07 Å². The number of rotatable bonds is 4. The van der Waals surface area contributed by atoms with E-state index in [-0.39, 0.29) is 17.7 Å². The Balaban J connectivity index is 2.10. The van der Waals surface area contributed by atoms with Crippen molar-refractivity contribution in [3.05, 3.63) is 53.7 Å². The van der Waals surface area contributed by atoms with E-state index >= 15 is 0 Å². The molecule has 1 atom stereocenters. The molecule has 1 heterocycles. The third-order valence-corrected chi connectivity index (χ3v) is 2.46. The van der Waals surface area contributed by atoms with Gasteiger partial charge in [0, 0.05) is 24.4 Å². The van der Waals surface area contributed by atoms with Crippen LogP contribution in [0.2, 0.25) is 0 Å². The maximum absolute atomic E-state index is 13.4. The summed E-state index contributed by atoms with van der Waals surface area (Å²) in [5, 5.41) is 0. The summed E-state index contributed by atoms with van der Waals surface area (Å²) in [6.45, 7) is 1.90. The Morgan fingerprint density at radius 1 is 1.26 bits per heavy atom. The lowest BCUT2D eigenvalue weighted by molar-refractivity contribution is 0.423. The number of pyridine rings is 1. The Morgan fingerprint density at radius 2 is 2.05 bits per heavy atom. The summed E-state index contributed by atoms with van der Waals surface area (Å²) in [5.74, 6) is -1.22. The van der Waals surface area contributed by atoms with Crippen LogP contribution in [-0.2, 0) is 6.42 Å². The Kier molecular flexibility index (Phi) is 4.06. The van der Waals surface area contributed by atoms with Gasteiger partial charge in [-0.05, 0) is 31.0 Å². The summed E-state index contributed by atoms with van der Waals surface area (Å²) < 4.78 is 31.4. The largest absolute Gasteiger partial charge is 0.436 e. The van der Waals surface area contributed by atoms with Crippen molar-refractivity contribution < 1.29 is 13.5 Å². The molecule has 2 aromatic rings. The summed E-state index contributed by atoms with van der Waals surface area (Å²) in [6.07, 6.45) is 2.33. The van der Waals surface area contributed by atoms with Crippen molar-refractivity contribution in [2.24, 2.45) is 5.73 Å². The first-order chi connectivity index (χ1) is 9.04. The van der Waals surface area contributed by atoms with Crippen molar-refractivity contribution in [3.8, 4) is 11.6 Å². The molecule has 0 aliphatic rings. The molecule has 2 N–H and O–H groups in total. The van der Waals surface area contributed by atoms with E-state index in [4.69, 9.17) is 10.5 Å². The summed E-state index contributed by atoms with van der Waals surface area (Å²) >= 11 is 0. The van der Waals surface area contributed by atoms with Gasteiger partial charge in [0.15, 0.2) is 11.6 Å². The number of aromatic nitrogens is 1. The van der Waals surface area contributed by atoms with Crippen molar-refractivity contribution in [1.82, 2.24) is 4.98 Å². The fourth-order valence-electron chi connectivity index (χ4n) is 1.63. The first kappa shape index (κ1) is 13.4. The normalized spacial score (nSPS) is 12.2. The minimum atomic E-state index is -0.763. The molecule has 0 bridgehead atoms. The zero-order valence-electron chi connectivity index (χ0n) is 10.4. The Hall–Kier alpha value is -2.01. The van der Waals surface area contributed by atoms with Crippen LogP contribution < -0.4 is 10.5 Å². The van der Waals surface area contributed by atoms with Gasteiger partial charge in [-0.3, -0.25) is 0 Å². The Morgan fingerprint density at radius 3 is 2.63 bits per heavy atom. The highest BCUT2D eigenvalue weighted by Crippen LogP contribution is 2.23. The maximum Gasteiger partial charge on any atom is 0.219 e. The van der Waals surface area contributed by atoms with Gasteiger partial charge in [-0.25, -0.2) is 13.8 Å². The molecule has 19 heavy (non-hydrogen) atoms. The van der Waals surface area contributed by atoms with Gasteiger partial charge in [0.2, 0.25) is 5.88 Å². The Labute approximate surface area is 110 Å². The molecule has 0 aliphatic carbocycles. The molecule has 0 radical (unpaired) electrons. The Bertz CT molecular complexity index is 556. The van der Waals surface area contributed by atoms with Crippen LogP contribution in [0.1, 0.15) is 12.5 Å². The van der Waals surface area contributed by atoms with E-state index in [9.17, 15) is 8.78 Å². The van der Waals surface area contributed by atoms with Crippen LogP contribution in [0.5, 0.6) is 11.6 Å². The van der Waals surface area contributed by atoms with E-state index in [0.29, 0.717) is 6.42 Å². The van der Waals surface area contributed by atoms with Crippen molar-refractivity contribution in [2.45, 2.75) is 19.4 Å². The number of ether oxygens (including phenoxy) is 1. The summed E-state index contributed by atoms with van der Waals surface area (Å²) in [6, 6.07) is 6.60. The molecule has 0 fully saturated rings. The highest BCUT2D eigenvalue weighted by atomic mass is 19.1. The summed E-state index contributed by atoms with van der Waals surface area (Å²) in [5.41, 5.74) is 6.65. The van der Waals surface area contributed by atoms with Crippen molar-refractivity contribution in [3.63, 3.8) is 0 Å². The van der Waals surface area contributed by atoms with Gasteiger partial charge in [-0.15, -0.1) is 0 Å². The van der Waals surface area contributed by atoms with Crippen LogP contribution in [0.3, 0.4) is 0 Å². The minimum Gasteiger partial charge on any atom is -0.436 e. The van der Waals surface area contributed by atoms with E-state index < -0.39 is 11.6 Å². The van der Waals surface area contributed by atoms with E-state index in [1.54, 1.807) is 12.3 Å². The zero-order chi connectivity index (χ0) is 13.8. The quantitative estimate of drug-likeness (QED) is 0.923. The van der Waals surface area contributed by atoms with Gasteiger partial charge in [0.25, 0.3) is 0 Å². The van der Waals surface area contributed by atoms with Gasteiger partial charge in [0.1, 0.15) is 5.82 Å². The second-order valence-corrected chi connectivity index (χ2v) is 4.36. The zero-order valence-corrected chi connectivity index (χ0v) is 10.4. The van der Waals surface area contributed by atoms with E-state index in [0.717, 1.165) is 17.7 Å². The van der Waals surface area contributed by atoms with E-state index in [1.165, 1.54) is 6.07 Å². The second-order valence-electron chi connectivity index (χ2n) is 4.36.